The lowest BCUT2D eigenvalue weighted by Crippen LogP contribution is -2.47. The third-order valence-corrected chi connectivity index (χ3v) is 6.66. The second-order valence-corrected chi connectivity index (χ2v) is 8.98. The molecule has 0 aliphatic carbocycles. The highest BCUT2D eigenvalue weighted by molar-refractivity contribution is 5.85. The van der Waals surface area contributed by atoms with Crippen LogP contribution in [0.1, 0.15) is 23.5 Å². The number of para-hydroxylation sites is 3. The van der Waals surface area contributed by atoms with E-state index < -0.39 is 5.92 Å². The molecule has 3 aromatic carbocycles. The summed E-state index contributed by atoms with van der Waals surface area (Å²) in [6.45, 7) is 7.13. The van der Waals surface area contributed by atoms with E-state index in [1.54, 1.807) is 0 Å². The molecule has 0 unspecified atom stereocenters. The van der Waals surface area contributed by atoms with Crippen LogP contribution in [-0.2, 0) is 9.53 Å². The van der Waals surface area contributed by atoms with Crippen LogP contribution in [0, 0.1) is 0 Å². The Bertz CT molecular complexity index is 1070. The Morgan fingerprint density at radius 3 is 1.97 bits per heavy atom. The molecule has 0 N–H and O–H groups in total. The fourth-order valence-electron chi connectivity index (χ4n) is 4.75. The van der Waals surface area contributed by atoms with Crippen molar-refractivity contribution in [3.05, 3.63) is 90.0 Å². The number of benzene rings is 3. The Hall–Kier alpha value is -3.35. The number of rotatable bonds is 9. The van der Waals surface area contributed by atoms with Crippen molar-refractivity contribution in [3.8, 4) is 17.2 Å². The fraction of sp³-hybridized carbons (Fsp3) is 0.345. The zero-order valence-electron chi connectivity index (χ0n) is 20.0. The van der Waals surface area contributed by atoms with Gasteiger partial charge in [-0.25, -0.2) is 0 Å². The van der Waals surface area contributed by atoms with Crippen LogP contribution in [0.5, 0.6) is 17.2 Å². The van der Waals surface area contributed by atoms with Gasteiger partial charge in [-0.1, -0.05) is 54.6 Å². The van der Waals surface area contributed by atoms with Crippen LogP contribution in [0.4, 0.5) is 0 Å². The summed E-state index contributed by atoms with van der Waals surface area (Å²) in [5.74, 6) is 1.71. The second kappa shape index (κ2) is 11.4. The van der Waals surface area contributed by atoms with Crippen LogP contribution in [0.2, 0.25) is 0 Å². The third kappa shape index (κ3) is 5.84. The first-order valence-corrected chi connectivity index (χ1v) is 12.4. The Morgan fingerprint density at radius 2 is 1.31 bits per heavy atom. The highest BCUT2D eigenvalue weighted by atomic mass is 16.5. The lowest BCUT2D eigenvalue weighted by molar-refractivity contribution is -0.144. The molecule has 3 aromatic rings. The molecule has 35 heavy (non-hydrogen) atoms. The lowest BCUT2D eigenvalue weighted by atomic mass is 9.88. The summed E-state index contributed by atoms with van der Waals surface area (Å²) in [4.78, 5) is 18.0. The number of nitrogens with zero attached hydrogens (tertiary/aromatic N) is 2. The molecule has 0 atom stereocenters. The number of esters is 1. The largest absolute Gasteiger partial charge is 0.492 e. The van der Waals surface area contributed by atoms with E-state index in [9.17, 15) is 4.79 Å². The van der Waals surface area contributed by atoms with E-state index in [1.165, 1.54) is 0 Å². The number of fused-ring (bicyclic) bond motifs is 2. The van der Waals surface area contributed by atoms with Gasteiger partial charge in [-0.2, -0.15) is 0 Å². The summed E-state index contributed by atoms with van der Waals surface area (Å²) < 4.78 is 17.6. The number of hydrogen-bond donors (Lipinski definition) is 0. The molecule has 6 nitrogen and oxygen atoms in total. The average Bonchev–Trinajstić information content (AvgIpc) is 2.91. The first-order valence-electron chi connectivity index (χ1n) is 12.4. The van der Waals surface area contributed by atoms with Crippen molar-refractivity contribution >= 4 is 5.97 Å². The van der Waals surface area contributed by atoms with E-state index in [2.05, 4.69) is 9.80 Å². The molecule has 1 fully saturated rings. The van der Waals surface area contributed by atoms with Crippen LogP contribution in [0.25, 0.3) is 0 Å². The van der Waals surface area contributed by atoms with Crippen molar-refractivity contribution in [2.75, 3.05) is 52.5 Å². The van der Waals surface area contributed by atoms with Gasteiger partial charge in [0.15, 0.2) is 0 Å². The Labute approximate surface area is 207 Å². The van der Waals surface area contributed by atoms with Gasteiger partial charge in [-0.05, 0) is 30.7 Å². The predicted molar refractivity (Wildman–Crippen MR) is 135 cm³/mol. The molecule has 0 saturated carbocycles. The molecular formula is C29H32N2O4. The van der Waals surface area contributed by atoms with Crippen molar-refractivity contribution in [3.63, 3.8) is 0 Å². The van der Waals surface area contributed by atoms with Gasteiger partial charge in [-0.15, -0.1) is 0 Å². The highest BCUT2D eigenvalue weighted by Gasteiger charge is 2.33. The van der Waals surface area contributed by atoms with Gasteiger partial charge in [0.25, 0.3) is 0 Å². The lowest BCUT2D eigenvalue weighted by Gasteiger charge is -2.34. The first kappa shape index (κ1) is 23.4. The number of carbonyl (C=O) groups is 1. The first-order chi connectivity index (χ1) is 17.3. The molecule has 0 bridgehead atoms. The average molecular weight is 473 g/mol. The molecule has 2 aliphatic heterocycles. The molecule has 6 heteroatoms. The molecule has 0 radical (unpaired) electrons. The standard InChI is InChI=1S/C29H32N2O4/c32-29(28-24-11-4-6-13-26(24)35-27-14-7-5-12-25(27)28)34-21-8-15-30-16-18-31(19-17-30)20-22-33-23-9-2-1-3-10-23/h1-7,9-14,28H,8,15-22H2. The summed E-state index contributed by atoms with van der Waals surface area (Å²) in [6.07, 6.45) is 0.829. The summed E-state index contributed by atoms with van der Waals surface area (Å²) in [6, 6.07) is 25.4. The number of hydrogen-bond acceptors (Lipinski definition) is 6. The van der Waals surface area contributed by atoms with Crippen molar-refractivity contribution in [1.29, 1.82) is 0 Å². The van der Waals surface area contributed by atoms with E-state index in [0.717, 1.165) is 74.1 Å². The van der Waals surface area contributed by atoms with E-state index in [4.69, 9.17) is 14.2 Å². The molecule has 0 amide bonds. The second-order valence-electron chi connectivity index (χ2n) is 8.98. The molecule has 2 aliphatic rings. The summed E-state index contributed by atoms with van der Waals surface area (Å²) in [5.41, 5.74) is 1.73. The van der Waals surface area contributed by atoms with Gasteiger partial charge in [-0.3, -0.25) is 9.69 Å². The minimum Gasteiger partial charge on any atom is -0.492 e. The Balaban J connectivity index is 1.04. The minimum absolute atomic E-state index is 0.212. The highest BCUT2D eigenvalue weighted by Crippen LogP contribution is 2.44. The maximum Gasteiger partial charge on any atom is 0.318 e. The smallest absolute Gasteiger partial charge is 0.318 e. The summed E-state index contributed by atoms with van der Waals surface area (Å²) in [5, 5.41) is 0. The van der Waals surface area contributed by atoms with E-state index in [0.29, 0.717) is 13.2 Å². The van der Waals surface area contributed by atoms with Crippen LogP contribution in [0.15, 0.2) is 78.9 Å². The third-order valence-electron chi connectivity index (χ3n) is 6.66. The topological polar surface area (TPSA) is 51.2 Å². The van der Waals surface area contributed by atoms with E-state index >= 15 is 0 Å². The predicted octanol–water partition coefficient (Wildman–Crippen LogP) is 4.55. The van der Waals surface area contributed by atoms with Gasteiger partial charge in [0.05, 0.1) is 6.61 Å². The van der Waals surface area contributed by atoms with Gasteiger partial charge in [0.1, 0.15) is 29.8 Å². The summed E-state index contributed by atoms with van der Waals surface area (Å²) in [7, 11) is 0. The Kier molecular flexibility index (Phi) is 7.61. The van der Waals surface area contributed by atoms with Crippen LogP contribution in [-0.4, -0.2) is 68.3 Å². The number of ether oxygens (including phenoxy) is 3. The van der Waals surface area contributed by atoms with Crippen molar-refractivity contribution in [2.45, 2.75) is 12.3 Å². The number of piperazine rings is 1. The van der Waals surface area contributed by atoms with E-state index in [1.807, 2.05) is 78.9 Å². The van der Waals surface area contributed by atoms with E-state index in [-0.39, 0.29) is 5.97 Å². The molecule has 0 spiro atoms. The maximum absolute atomic E-state index is 13.1. The molecule has 182 valence electrons. The van der Waals surface area contributed by atoms with Crippen molar-refractivity contribution < 1.29 is 19.0 Å². The zero-order chi connectivity index (χ0) is 23.9. The zero-order valence-corrected chi connectivity index (χ0v) is 20.0. The quantitative estimate of drug-likeness (QED) is 0.336. The molecular weight excluding hydrogens is 440 g/mol. The van der Waals surface area contributed by atoms with Crippen LogP contribution < -0.4 is 9.47 Å². The van der Waals surface area contributed by atoms with Gasteiger partial charge < -0.3 is 19.1 Å². The van der Waals surface area contributed by atoms with Gasteiger partial charge >= 0.3 is 5.97 Å². The molecule has 0 aromatic heterocycles. The maximum atomic E-state index is 13.1. The fourth-order valence-corrected chi connectivity index (χ4v) is 4.75. The van der Waals surface area contributed by atoms with Crippen LogP contribution >= 0.6 is 0 Å². The molecule has 5 rings (SSSR count). The monoisotopic (exact) mass is 472 g/mol. The molecule has 2 heterocycles. The normalized spacial score (nSPS) is 16.1. The van der Waals surface area contributed by atoms with Gasteiger partial charge in [0.2, 0.25) is 0 Å². The number of carbonyl (C=O) groups excluding carboxylic acids is 1. The van der Waals surface area contributed by atoms with Crippen LogP contribution in [0.3, 0.4) is 0 Å². The minimum atomic E-state index is -0.446. The SMILES string of the molecule is O=C(OCCCN1CCN(CCOc2ccccc2)CC1)C1c2ccccc2Oc2ccccc21. The van der Waals surface area contributed by atoms with Gasteiger partial charge in [0, 0.05) is 50.4 Å². The van der Waals surface area contributed by atoms with Crippen molar-refractivity contribution in [1.82, 2.24) is 9.80 Å². The molecule has 1 saturated heterocycles. The summed E-state index contributed by atoms with van der Waals surface area (Å²) >= 11 is 0. The van der Waals surface area contributed by atoms with Crippen molar-refractivity contribution in [2.24, 2.45) is 0 Å². The Morgan fingerprint density at radius 1 is 0.743 bits per heavy atom.